The van der Waals surface area contributed by atoms with Gasteiger partial charge in [-0.15, -0.1) is 0 Å². The van der Waals surface area contributed by atoms with Crippen molar-refractivity contribution < 1.29 is 17.4 Å². The van der Waals surface area contributed by atoms with Gasteiger partial charge in [-0.3, -0.25) is 0 Å². The van der Waals surface area contributed by atoms with Crippen molar-refractivity contribution in [2.24, 2.45) is 0 Å². The molecule has 1 heteroatoms. The molecular formula is C8H18Cr. The van der Waals surface area contributed by atoms with Crippen LogP contribution in [0.4, 0.5) is 0 Å². The first-order valence-electron chi connectivity index (χ1n) is 3.50. The molecule has 0 atom stereocenters. The van der Waals surface area contributed by atoms with Crippen LogP contribution in [-0.4, -0.2) is 0 Å². The van der Waals surface area contributed by atoms with Gasteiger partial charge in [0.25, 0.3) is 0 Å². The zero-order chi connectivity index (χ0) is 4.95. The van der Waals surface area contributed by atoms with Gasteiger partial charge in [-0.05, 0) is 0 Å². The maximum atomic E-state index is 1.50. The van der Waals surface area contributed by atoms with E-state index in [4.69, 9.17) is 0 Å². The second-order valence-corrected chi connectivity index (χ2v) is 2.47. The van der Waals surface area contributed by atoms with Gasteiger partial charge in [0.15, 0.2) is 0 Å². The summed E-state index contributed by atoms with van der Waals surface area (Å²) in [6.07, 6.45) is 10.5. The van der Waals surface area contributed by atoms with Gasteiger partial charge in [-0.25, -0.2) is 0 Å². The quantitative estimate of drug-likeness (QED) is 0.484. The fourth-order valence-electron chi connectivity index (χ4n) is 1.24. The molecule has 0 aromatic heterocycles. The van der Waals surface area contributed by atoms with E-state index in [9.17, 15) is 0 Å². The van der Waals surface area contributed by atoms with Crippen LogP contribution in [0.3, 0.4) is 0 Å². The van der Waals surface area contributed by atoms with E-state index in [0.29, 0.717) is 0 Å². The van der Waals surface area contributed by atoms with Gasteiger partial charge >= 0.3 is 0 Å². The van der Waals surface area contributed by atoms with Crippen LogP contribution in [-0.2, 0) is 17.4 Å². The molecule has 0 saturated heterocycles. The van der Waals surface area contributed by atoms with Crippen LogP contribution in [0.2, 0.25) is 0 Å². The maximum Gasteiger partial charge on any atom is 0 e. The third-order valence-electron chi connectivity index (χ3n) is 1.75. The second kappa shape index (κ2) is 8.53. The summed E-state index contributed by atoms with van der Waals surface area (Å²) in [5.41, 5.74) is 0. The number of rotatable bonds is 0. The third kappa shape index (κ3) is 6.42. The zero-order valence-corrected chi connectivity index (χ0v) is 6.63. The van der Waals surface area contributed by atoms with Gasteiger partial charge in [0.05, 0.1) is 0 Å². The molecule has 0 spiro atoms. The first-order chi connectivity index (χ1) is 3.50. The van der Waals surface area contributed by atoms with E-state index >= 15 is 0 Å². The fourth-order valence-corrected chi connectivity index (χ4v) is 1.24. The molecule has 0 unspecified atom stereocenters. The van der Waals surface area contributed by atoms with Gasteiger partial charge in [-0.2, -0.15) is 0 Å². The average Bonchev–Trinajstić information content (AvgIpc) is 1.90. The Morgan fingerprint density at radius 1 is 0.444 bits per heavy atom. The molecule has 1 aliphatic carbocycles. The Bertz CT molecular complexity index is 24.2. The third-order valence-corrected chi connectivity index (χ3v) is 1.75. The van der Waals surface area contributed by atoms with E-state index in [2.05, 4.69) is 0 Å². The minimum absolute atomic E-state index is 0. The van der Waals surface area contributed by atoms with Gasteiger partial charge in [0.2, 0.25) is 0 Å². The van der Waals surface area contributed by atoms with E-state index < -0.39 is 0 Å². The van der Waals surface area contributed by atoms with Crippen LogP contribution in [0.5, 0.6) is 0 Å². The monoisotopic (exact) mass is 166 g/mol. The first kappa shape index (κ1) is 12.2. The molecule has 0 heterocycles. The Labute approximate surface area is 70.2 Å². The van der Waals surface area contributed by atoms with Crippen molar-refractivity contribution in [3.05, 3.63) is 0 Å². The van der Waals surface area contributed by atoms with Crippen molar-refractivity contribution in [3.8, 4) is 0 Å². The summed E-state index contributed by atoms with van der Waals surface area (Å²) in [4.78, 5) is 0. The Morgan fingerprint density at radius 2 is 0.556 bits per heavy atom. The minimum atomic E-state index is 0. The van der Waals surface area contributed by atoms with Crippen LogP contribution in [0.25, 0.3) is 0 Å². The Morgan fingerprint density at radius 3 is 0.667 bits per heavy atom. The van der Waals surface area contributed by atoms with Gasteiger partial charge < -0.3 is 0 Å². The summed E-state index contributed by atoms with van der Waals surface area (Å²) in [6, 6.07) is 0. The average molecular weight is 166 g/mol. The van der Waals surface area contributed by atoms with Crippen LogP contribution in [0.15, 0.2) is 0 Å². The molecule has 0 radical (unpaired) electrons. The molecular weight excluding hydrogens is 148 g/mol. The summed E-state index contributed by atoms with van der Waals surface area (Å²) in [7, 11) is 0. The normalized spacial score (nSPS) is 18.7. The molecule has 0 bridgehead atoms. The van der Waals surface area contributed by atoms with Gasteiger partial charge in [0, 0.05) is 17.4 Å². The topological polar surface area (TPSA) is 0 Å². The van der Waals surface area contributed by atoms with Crippen LogP contribution in [0, 0.1) is 0 Å². The predicted molar refractivity (Wildman–Crippen MR) is 39.0 cm³/mol. The molecule has 0 nitrogen and oxygen atoms in total. The van der Waals surface area contributed by atoms with Crippen LogP contribution >= 0.6 is 0 Å². The molecule has 0 aliphatic heterocycles. The van der Waals surface area contributed by atoms with Crippen molar-refractivity contribution in [2.75, 3.05) is 0 Å². The molecule has 1 aliphatic rings. The smallest absolute Gasteiger partial charge is 0 e. The SMILES string of the molecule is C.C1CCCCCC1.[Cr]. The predicted octanol–water partition coefficient (Wildman–Crippen LogP) is 3.36. The first-order valence-corrected chi connectivity index (χ1v) is 3.50. The Hall–Kier alpha value is 0.532. The summed E-state index contributed by atoms with van der Waals surface area (Å²) < 4.78 is 0. The van der Waals surface area contributed by atoms with Crippen molar-refractivity contribution in [2.45, 2.75) is 52.4 Å². The van der Waals surface area contributed by atoms with E-state index in [1.165, 1.54) is 44.9 Å². The van der Waals surface area contributed by atoms with Gasteiger partial charge in [-0.1, -0.05) is 52.4 Å². The molecule has 0 aromatic carbocycles. The summed E-state index contributed by atoms with van der Waals surface area (Å²) >= 11 is 0. The van der Waals surface area contributed by atoms with Crippen LogP contribution < -0.4 is 0 Å². The van der Waals surface area contributed by atoms with Crippen molar-refractivity contribution in [1.82, 2.24) is 0 Å². The molecule has 0 amide bonds. The second-order valence-electron chi connectivity index (χ2n) is 2.47. The molecule has 1 rings (SSSR count). The van der Waals surface area contributed by atoms with E-state index in [1.54, 1.807) is 0 Å². The standard InChI is InChI=1S/C7H14.CH4.Cr/c1-2-4-6-7-5-3-1;;/h1-7H2;1H4;. The summed E-state index contributed by atoms with van der Waals surface area (Å²) in [5.74, 6) is 0. The van der Waals surface area contributed by atoms with Crippen molar-refractivity contribution in [1.29, 1.82) is 0 Å². The molecule has 1 fully saturated rings. The molecule has 9 heavy (non-hydrogen) atoms. The number of hydrogen-bond acceptors (Lipinski definition) is 0. The molecule has 0 N–H and O–H groups in total. The Balaban J connectivity index is 0. The molecule has 56 valence electrons. The minimum Gasteiger partial charge on any atom is -0.0776 e. The van der Waals surface area contributed by atoms with Crippen LogP contribution in [0.1, 0.15) is 52.4 Å². The van der Waals surface area contributed by atoms with E-state index in [-0.39, 0.29) is 24.8 Å². The molecule has 1 saturated carbocycles. The zero-order valence-electron chi connectivity index (χ0n) is 5.36. The van der Waals surface area contributed by atoms with Crippen molar-refractivity contribution in [3.63, 3.8) is 0 Å². The van der Waals surface area contributed by atoms with E-state index in [1.807, 2.05) is 0 Å². The fraction of sp³-hybridized carbons (Fsp3) is 1.00. The summed E-state index contributed by atoms with van der Waals surface area (Å²) in [6.45, 7) is 0. The number of hydrogen-bond donors (Lipinski definition) is 0. The molecule has 0 aromatic rings. The Kier molecular flexibility index (Phi) is 11.6. The maximum absolute atomic E-state index is 1.50. The largest absolute Gasteiger partial charge is 0.0776 e. The van der Waals surface area contributed by atoms with Gasteiger partial charge in [0.1, 0.15) is 0 Å². The van der Waals surface area contributed by atoms with Crippen molar-refractivity contribution >= 4 is 0 Å². The van der Waals surface area contributed by atoms with E-state index in [0.717, 1.165) is 0 Å². The summed E-state index contributed by atoms with van der Waals surface area (Å²) in [5, 5.41) is 0.